The largest absolute Gasteiger partial charge is 0.383 e. The summed E-state index contributed by atoms with van der Waals surface area (Å²) >= 11 is 0. The van der Waals surface area contributed by atoms with Gasteiger partial charge in [0.15, 0.2) is 0 Å². The van der Waals surface area contributed by atoms with Gasteiger partial charge in [-0.15, -0.1) is 6.58 Å². The number of methoxy groups -OCH3 is 1. The zero-order chi connectivity index (χ0) is 15.5. The summed E-state index contributed by atoms with van der Waals surface area (Å²) in [7, 11) is 1.58. The van der Waals surface area contributed by atoms with E-state index in [0.29, 0.717) is 30.9 Å². The molecule has 6 nitrogen and oxygen atoms in total. The number of hydrogen-bond donors (Lipinski definition) is 3. The summed E-state index contributed by atoms with van der Waals surface area (Å²) in [6.45, 7) is 5.02. The van der Waals surface area contributed by atoms with Crippen LogP contribution >= 0.6 is 0 Å². The topological polar surface area (TPSA) is 79.5 Å². The van der Waals surface area contributed by atoms with Crippen molar-refractivity contribution in [3.63, 3.8) is 0 Å². The Labute approximate surface area is 124 Å². The first-order valence-electron chi connectivity index (χ1n) is 6.66. The molecule has 1 aromatic carbocycles. The van der Waals surface area contributed by atoms with E-state index in [1.54, 1.807) is 37.5 Å². The fraction of sp³-hybridized carbons (Fsp3) is 0.333. The van der Waals surface area contributed by atoms with E-state index >= 15 is 0 Å². The molecule has 0 bridgehead atoms. The van der Waals surface area contributed by atoms with E-state index in [-0.39, 0.29) is 18.4 Å². The predicted molar refractivity (Wildman–Crippen MR) is 82.3 cm³/mol. The average Bonchev–Trinajstić information content (AvgIpc) is 2.51. The fourth-order valence-electron chi connectivity index (χ4n) is 1.57. The molecule has 0 unspecified atom stereocenters. The van der Waals surface area contributed by atoms with Crippen molar-refractivity contribution in [2.75, 3.05) is 38.7 Å². The number of nitrogens with one attached hydrogen (secondary N) is 3. The lowest BCUT2D eigenvalue weighted by Gasteiger charge is -2.09. The van der Waals surface area contributed by atoms with Gasteiger partial charge in [0.25, 0.3) is 5.91 Å². The van der Waals surface area contributed by atoms with E-state index in [9.17, 15) is 9.59 Å². The molecule has 3 N–H and O–H groups in total. The molecular formula is C15H21N3O3. The van der Waals surface area contributed by atoms with E-state index < -0.39 is 0 Å². The molecule has 114 valence electrons. The van der Waals surface area contributed by atoms with Crippen LogP contribution in [0.5, 0.6) is 0 Å². The number of rotatable bonds is 9. The van der Waals surface area contributed by atoms with Crippen LogP contribution in [0.2, 0.25) is 0 Å². The van der Waals surface area contributed by atoms with Crippen LogP contribution in [0.4, 0.5) is 5.69 Å². The monoisotopic (exact) mass is 291 g/mol. The third kappa shape index (κ3) is 6.58. The average molecular weight is 291 g/mol. The second-order valence-corrected chi connectivity index (χ2v) is 4.28. The maximum Gasteiger partial charge on any atom is 0.251 e. The Balaban J connectivity index is 2.49. The van der Waals surface area contributed by atoms with Crippen LogP contribution in [-0.2, 0) is 9.53 Å². The maximum atomic E-state index is 11.9. The van der Waals surface area contributed by atoms with E-state index in [0.717, 1.165) is 0 Å². The maximum absolute atomic E-state index is 11.9. The number of ether oxygens (including phenoxy) is 1. The Morgan fingerprint density at radius 3 is 2.86 bits per heavy atom. The highest BCUT2D eigenvalue weighted by atomic mass is 16.5. The van der Waals surface area contributed by atoms with Gasteiger partial charge in [-0.2, -0.15) is 0 Å². The van der Waals surface area contributed by atoms with Crippen LogP contribution in [0.1, 0.15) is 10.4 Å². The second-order valence-electron chi connectivity index (χ2n) is 4.28. The molecule has 21 heavy (non-hydrogen) atoms. The number of anilines is 1. The highest BCUT2D eigenvalue weighted by Crippen LogP contribution is 2.10. The molecule has 0 spiro atoms. The molecule has 2 amide bonds. The van der Waals surface area contributed by atoms with Crippen molar-refractivity contribution in [2.45, 2.75) is 0 Å². The first-order chi connectivity index (χ1) is 10.2. The molecule has 0 atom stereocenters. The predicted octanol–water partition coefficient (Wildman–Crippen LogP) is 0.777. The SMILES string of the molecule is C=CCNC(=O)CNc1cccc(C(=O)NCCOC)c1. The number of benzene rings is 1. The Kier molecular flexibility index (Phi) is 7.60. The van der Waals surface area contributed by atoms with Gasteiger partial charge >= 0.3 is 0 Å². The van der Waals surface area contributed by atoms with Gasteiger partial charge in [0, 0.05) is 31.5 Å². The Morgan fingerprint density at radius 2 is 2.14 bits per heavy atom. The Morgan fingerprint density at radius 1 is 1.33 bits per heavy atom. The summed E-state index contributed by atoms with van der Waals surface area (Å²) in [5, 5.41) is 8.36. The van der Waals surface area contributed by atoms with Crippen LogP contribution in [0.15, 0.2) is 36.9 Å². The summed E-state index contributed by atoms with van der Waals surface area (Å²) in [6.07, 6.45) is 1.61. The summed E-state index contributed by atoms with van der Waals surface area (Å²) in [4.78, 5) is 23.3. The second kappa shape index (κ2) is 9.55. The first-order valence-corrected chi connectivity index (χ1v) is 6.66. The Hall–Kier alpha value is -2.34. The van der Waals surface area contributed by atoms with Gasteiger partial charge in [-0.1, -0.05) is 12.1 Å². The van der Waals surface area contributed by atoms with Gasteiger partial charge in [0.05, 0.1) is 13.2 Å². The zero-order valence-corrected chi connectivity index (χ0v) is 12.1. The van der Waals surface area contributed by atoms with E-state index in [4.69, 9.17) is 4.74 Å². The summed E-state index contributed by atoms with van der Waals surface area (Å²) in [6, 6.07) is 6.97. The van der Waals surface area contributed by atoms with Crippen molar-refractivity contribution < 1.29 is 14.3 Å². The quantitative estimate of drug-likeness (QED) is 0.464. The smallest absolute Gasteiger partial charge is 0.251 e. The van der Waals surface area contributed by atoms with Crippen LogP contribution in [0.25, 0.3) is 0 Å². The molecule has 0 aliphatic carbocycles. The number of carbonyl (C=O) groups is 2. The highest BCUT2D eigenvalue weighted by molar-refractivity contribution is 5.95. The van der Waals surface area contributed by atoms with Gasteiger partial charge < -0.3 is 20.7 Å². The lowest BCUT2D eigenvalue weighted by atomic mass is 10.2. The van der Waals surface area contributed by atoms with Gasteiger partial charge in [-0.05, 0) is 18.2 Å². The molecular weight excluding hydrogens is 270 g/mol. The number of amides is 2. The molecule has 0 aliphatic rings. The van der Waals surface area contributed by atoms with Gasteiger partial charge in [0.1, 0.15) is 0 Å². The molecule has 0 heterocycles. The summed E-state index contributed by atoms with van der Waals surface area (Å²) in [5.74, 6) is -0.309. The zero-order valence-electron chi connectivity index (χ0n) is 12.1. The summed E-state index contributed by atoms with van der Waals surface area (Å²) in [5.41, 5.74) is 1.24. The van der Waals surface area contributed by atoms with Crippen molar-refractivity contribution in [2.24, 2.45) is 0 Å². The first kappa shape index (κ1) is 16.7. The lowest BCUT2D eigenvalue weighted by Crippen LogP contribution is -2.30. The summed E-state index contributed by atoms with van der Waals surface area (Å²) < 4.78 is 4.87. The Bertz CT molecular complexity index is 489. The highest BCUT2D eigenvalue weighted by Gasteiger charge is 2.06. The molecule has 0 saturated carbocycles. The normalized spacial score (nSPS) is 9.76. The van der Waals surface area contributed by atoms with E-state index in [1.807, 2.05) is 0 Å². The van der Waals surface area contributed by atoms with Gasteiger partial charge in [-0.25, -0.2) is 0 Å². The van der Waals surface area contributed by atoms with Crippen molar-refractivity contribution in [1.82, 2.24) is 10.6 Å². The minimum absolute atomic E-state index is 0.134. The van der Waals surface area contributed by atoms with Crippen LogP contribution in [0, 0.1) is 0 Å². The van der Waals surface area contributed by atoms with E-state index in [1.165, 1.54) is 0 Å². The minimum atomic E-state index is -0.174. The molecule has 0 aromatic heterocycles. The molecule has 0 aliphatic heterocycles. The van der Waals surface area contributed by atoms with Crippen LogP contribution in [-0.4, -0.2) is 45.2 Å². The molecule has 1 rings (SSSR count). The fourth-order valence-corrected chi connectivity index (χ4v) is 1.57. The third-order valence-corrected chi connectivity index (χ3v) is 2.61. The molecule has 0 radical (unpaired) electrons. The molecule has 0 fully saturated rings. The van der Waals surface area contributed by atoms with Crippen LogP contribution < -0.4 is 16.0 Å². The van der Waals surface area contributed by atoms with Gasteiger partial charge in [-0.3, -0.25) is 9.59 Å². The van der Waals surface area contributed by atoms with Crippen molar-refractivity contribution in [3.05, 3.63) is 42.5 Å². The minimum Gasteiger partial charge on any atom is -0.383 e. The lowest BCUT2D eigenvalue weighted by molar-refractivity contribution is -0.119. The van der Waals surface area contributed by atoms with Crippen molar-refractivity contribution in [1.29, 1.82) is 0 Å². The molecule has 1 aromatic rings. The standard InChI is InChI=1S/C15H21N3O3/c1-3-7-16-14(19)11-18-13-6-4-5-12(10-13)15(20)17-8-9-21-2/h3-6,10,18H,1,7-9,11H2,2H3,(H,16,19)(H,17,20). The van der Waals surface area contributed by atoms with Gasteiger partial charge in [0.2, 0.25) is 5.91 Å². The van der Waals surface area contributed by atoms with E-state index in [2.05, 4.69) is 22.5 Å². The van der Waals surface area contributed by atoms with Crippen molar-refractivity contribution >= 4 is 17.5 Å². The van der Waals surface area contributed by atoms with Crippen molar-refractivity contribution in [3.8, 4) is 0 Å². The molecule has 0 saturated heterocycles. The van der Waals surface area contributed by atoms with Crippen LogP contribution in [0.3, 0.4) is 0 Å². The molecule has 6 heteroatoms. The third-order valence-electron chi connectivity index (χ3n) is 2.61. The number of hydrogen-bond acceptors (Lipinski definition) is 4. The number of carbonyl (C=O) groups excluding carboxylic acids is 2.